The highest BCUT2D eigenvalue weighted by Gasteiger charge is 2.17. The molecule has 1 aromatic carbocycles. The first-order chi connectivity index (χ1) is 10.0. The van der Waals surface area contributed by atoms with Gasteiger partial charge >= 0.3 is 0 Å². The van der Waals surface area contributed by atoms with Gasteiger partial charge in [0.1, 0.15) is 0 Å². The van der Waals surface area contributed by atoms with Crippen molar-refractivity contribution >= 4 is 26.0 Å². The molecule has 1 aromatic heterocycles. The number of aromatic nitrogens is 3. The quantitative estimate of drug-likeness (QED) is 0.746. The Morgan fingerprint density at radius 2 is 2.19 bits per heavy atom. The van der Waals surface area contributed by atoms with Gasteiger partial charge in [-0.05, 0) is 40.7 Å². The van der Waals surface area contributed by atoms with E-state index in [1.165, 1.54) is 0 Å². The van der Waals surface area contributed by atoms with Crippen LogP contribution in [0.3, 0.4) is 0 Å². The van der Waals surface area contributed by atoms with Crippen molar-refractivity contribution < 1.29 is 8.42 Å². The fraction of sp³-hybridized carbons (Fsp3) is 0.333. The SMILES string of the molecule is CNCc1ccc(S(=O)(=O)NCCn2ccnn2)c(Br)c1. The first kappa shape index (κ1) is 16.1. The largest absolute Gasteiger partial charge is 0.316 e. The summed E-state index contributed by atoms with van der Waals surface area (Å²) in [6, 6.07) is 5.17. The lowest BCUT2D eigenvalue weighted by Gasteiger charge is -2.10. The van der Waals surface area contributed by atoms with E-state index in [1.807, 2.05) is 7.05 Å². The van der Waals surface area contributed by atoms with Gasteiger partial charge in [0.25, 0.3) is 0 Å². The molecule has 2 rings (SSSR count). The van der Waals surface area contributed by atoms with Crippen molar-refractivity contribution in [1.29, 1.82) is 0 Å². The number of nitrogens with zero attached hydrogens (tertiary/aromatic N) is 3. The fourth-order valence-corrected chi connectivity index (χ4v) is 3.94. The van der Waals surface area contributed by atoms with Crippen molar-refractivity contribution in [2.45, 2.75) is 18.0 Å². The molecular weight excluding hydrogens is 358 g/mol. The van der Waals surface area contributed by atoms with Crippen LogP contribution in [0.5, 0.6) is 0 Å². The van der Waals surface area contributed by atoms with Gasteiger partial charge in [-0.25, -0.2) is 13.1 Å². The van der Waals surface area contributed by atoms with Gasteiger partial charge in [0.15, 0.2) is 0 Å². The molecule has 21 heavy (non-hydrogen) atoms. The summed E-state index contributed by atoms with van der Waals surface area (Å²) in [6.07, 6.45) is 3.22. The predicted octanol–water partition coefficient (Wildman–Crippen LogP) is 0.738. The minimum absolute atomic E-state index is 0.223. The van der Waals surface area contributed by atoms with E-state index in [-0.39, 0.29) is 11.4 Å². The second-order valence-corrected chi connectivity index (χ2v) is 6.95. The van der Waals surface area contributed by atoms with E-state index in [2.05, 4.69) is 36.3 Å². The first-order valence-corrected chi connectivity index (χ1v) is 8.57. The fourth-order valence-electron chi connectivity index (χ4n) is 1.80. The topological polar surface area (TPSA) is 88.9 Å². The number of rotatable bonds is 7. The number of hydrogen-bond donors (Lipinski definition) is 2. The van der Waals surface area contributed by atoms with E-state index in [9.17, 15) is 8.42 Å². The maximum Gasteiger partial charge on any atom is 0.241 e. The third-order valence-electron chi connectivity index (χ3n) is 2.77. The van der Waals surface area contributed by atoms with Crippen molar-refractivity contribution in [2.75, 3.05) is 13.6 Å². The van der Waals surface area contributed by atoms with Crippen molar-refractivity contribution in [3.8, 4) is 0 Å². The van der Waals surface area contributed by atoms with E-state index in [4.69, 9.17) is 0 Å². The molecule has 7 nitrogen and oxygen atoms in total. The van der Waals surface area contributed by atoms with Crippen LogP contribution < -0.4 is 10.0 Å². The van der Waals surface area contributed by atoms with Crippen LogP contribution in [0.2, 0.25) is 0 Å². The lowest BCUT2D eigenvalue weighted by atomic mass is 10.2. The summed E-state index contributed by atoms with van der Waals surface area (Å²) in [6.45, 7) is 1.35. The van der Waals surface area contributed by atoms with Crippen LogP contribution >= 0.6 is 15.9 Å². The zero-order valence-corrected chi connectivity index (χ0v) is 13.9. The van der Waals surface area contributed by atoms with Crippen LogP contribution in [0, 0.1) is 0 Å². The Kier molecular flexibility index (Phi) is 5.45. The van der Waals surface area contributed by atoms with Gasteiger partial charge in [0.05, 0.1) is 17.6 Å². The molecule has 0 atom stereocenters. The van der Waals surface area contributed by atoms with Crippen LogP contribution in [-0.4, -0.2) is 37.0 Å². The molecule has 0 amide bonds. The number of sulfonamides is 1. The predicted molar refractivity (Wildman–Crippen MR) is 82.1 cm³/mol. The van der Waals surface area contributed by atoms with Crippen molar-refractivity contribution in [3.05, 3.63) is 40.6 Å². The van der Waals surface area contributed by atoms with Gasteiger partial charge in [-0.15, -0.1) is 5.10 Å². The molecule has 0 unspecified atom stereocenters. The minimum Gasteiger partial charge on any atom is -0.316 e. The number of benzene rings is 1. The molecule has 114 valence electrons. The number of halogens is 1. The number of nitrogens with one attached hydrogen (secondary N) is 2. The summed E-state index contributed by atoms with van der Waals surface area (Å²) in [5.74, 6) is 0. The molecule has 9 heteroatoms. The Morgan fingerprint density at radius 3 is 2.81 bits per heavy atom. The number of hydrogen-bond acceptors (Lipinski definition) is 5. The molecule has 0 fully saturated rings. The average Bonchev–Trinajstić information content (AvgIpc) is 2.92. The van der Waals surface area contributed by atoms with Gasteiger partial charge < -0.3 is 5.32 Å². The maximum atomic E-state index is 12.2. The summed E-state index contributed by atoms with van der Waals surface area (Å²) in [4.78, 5) is 0.223. The van der Waals surface area contributed by atoms with E-state index >= 15 is 0 Å². The molecular formula is C12H16BrN5O2S. The van der Waals surface area contributed by atoms with E-state index in [0.29, 0.717) is 17.6 Å². The van der Waals surface area contributed by atoms with Crippen molar-refractivity contribution in [2.24, 2.45) is 0 Å². The van der Waals surface area contributed by atoms with Crippen molar-refractivity contribution in [3.63, 3.8) is 0 Å². The van der Waals surface area contributed by atoms with Gasteiger partial charge in [0, 0.05) is 23.8 Å². The summed E-state index contributed by atoms with van der Waals surface area (Å²) >= 11 is 3.31. The third-order valence-corrected chi connectivity index (χ3v) is 5.21. The molecule has 0 aliphatic heterocycles. The van der Waals surface area contributed by atoms with Crippen LogP contribution in [0.1, 0.15) is 5.56 Å². The molecule has 1 heterocycles. The molecule has 2 aromatic rings. The van der Waals surface area contributed by atoms with Crippen LogP contribution in [0.15, 0.2) is 40.0 Å². The molecule has 0 saturated carbocycles. The van der Waals surface area contributed by atoms with Gasteiger partial charge in [-0.2, -0.15) is 0 Å². The van der Waals surface area contributed by atoms with E-state index in [1.54, 1.807) is 35.3 Å². The molecule has 0 aliphatic rings. The Hall–Kier alpha value is -1.29. The standard InChI is InChI=1S/C12H16BrN5O2S/c1-14-9-10-2-3-12(11(13)8-10)21(19,20)16-5-7-18-6-4-15-17-18/h2-4,6,8,14,16H,5,7,9H2,1H3. The zero-order valence-electron chi connectivity index (χ0n) is 11.5. The molecule has 0 radical (unpaired) electrons. The van der Waals surface area contributed by atoms with Crippen LogP contribution in [-0.2, 0) is 23.1 Å². The Bertz CT molecular complexity index is 688. The summed E-state index contributed by atoms with van der Waals surface area (Å²) in [5, 5.41) is 10.5. The highest BCUT2D eigenvalue weighted by atomic mass is 79.9. The zero-order chi connectivity index (χ0) is 15.3. The Balaban J connectivity index is 2.04. The first-order valence-electron chi connectivity index (χ1n) is 6.30. The average molecular weight is 374 g/mol. The second kappa shape index (κ2) is 7.12. The Labute approximate surface area is 131 Å². The highest BCUT2D eigenvalue weighted by molar-refractivity contribution is 9.10. The maximum absolute atomic E-state index is 12.2. The van der Waals surface area contributed by atoms with Crippen molar-refractivity contribution in [1.82, 2.24) is 25.0 Å². The molecule has 2 N–H and O–H groups in total. The van der Waals surface area contributed by atoms with Gasteiger partial charge in [-0.3, -0.25) is 4.68 Å². The van der Waals surface area contributed by atoms with Crippen LogP contribution in [0.25, 0.3) is 0 Å². The normalized spacial score (nSPS) is 11.7. The lowest BCUT2D eigenvalue weighted by molar-refractivity contribution is 0.552. The van der Waals surface area contributed by atoms with Gasteiger partial charge in [-0.1, -0.05) is 11.3 Å². The second-order valence-electron chi connectivity index (χ2n) is 4.36. The highest BCUT2D eigenvalue weighted by Crippen LogP contribution is 2.23. The summed E-state index contributed by atoms with van der Waals surface area (Å²) < 4.78 is 29.1. The Morgan fingerprint density at radius 1 is 1.38 bits per heavy atom. The molecule has 0 saturated heterocycles. The smallest absolute Gasteiger partial charge is 0.241 e. The third kappa shape index (κ3) is 4.34. The molecule has 0 spiro atoms. The van der Waals surface area contributed by atoms with Gasteiger partial charge in [0.2, 0.25) is 10.0 Å². The van der Waals surface area contributed by atoms with E-state index < -0.39 is 10.0 Å². The minimum atomic E-state index is -3.55. The van der Waals surface area contributed by atoms with E-state index in [0.717, 1.165) is 5.56 Å². The molecule has 0 aliphatic carbocycles. The molecule has 0 bridgehead atoms. The summed E-state index contributed by atoms with van der Waals surface area (Å²) in [7, 11) is -1.72. The monoisotopic (exact) mass is 373 g/mol. The summed E-state index contributed by atoms with van der Waals surface area (Å²) in [5.41, 5.74) is 1.01. The lowest BCUT2D eigenvalue weighted by Crippen LogP contribution is -2.28. The van der Waals surface area contributed by atoms with Crippen LogP contribution in [0.4, 0.5) is 0 Å².